The molecule has 9 heteroatoms. The van der Waals surface area contributed by atoms with Gasteiger partial charge in [-0.2, -0.15) is 0 Å². The van der Waals surface area contributed by atoms with Gasteiger partial charge in [0, 0.05) is 34.2 Å². The van der Waals surface area contributed by atoms with Crippen molar-refractivity contribution in [1.82, 2.24) is 14.8 Å². The second-order valence-electron chi connectivity index (χ2n) is 4.37. The molecule has 1 aromatic carbocycles. The highest BCUT2D eigenvalue weighted by Crippen LogP contribution is 2.23. The lowest BCUT2D eigenvalue weighted by Gasteiger charge is -2.09. The molecule has 0 amide bonds. The third kappa shape index (κ3) is 3.53. The molecular formula is C12H12Cl2FN3O2S. The molecule has 0 aliphatic heterocycles. The molecule has 0 N–H and O–H groups in total. The van der Waals surface area contributed by atoms with Crippen LogP contribution < -0.4 is 0 Å². The first-order valence-electron chi connectivity index (χ1n) is 6.14. The predicted molar refractivity (Wildman–Crippen MR) is 77.6 cm³/mol. The maximum Gasteiger partial charge on any atom is 0.296 e. The van der Waals surface area contributed by atoms with Crippen molar-refractivity contribution in [2.75, 3.05) is 0 Å². The van der Waals surface area contributed by atoms with Gasteiger partial charge in [-0.05, 0) is 18.6 Å². The number of benzene rings is 1. The summed E-state index contributed by atoms with van der Waals surface area (Å²) in [4.78, 5) is 0. The number of aromatic nitrogens is 3. The fourth-order valence-electron chi connectivity index (χ4n) is 1.94. The highest BCUT2D eigenvalue weighted by atomic mass is 35.7. The second-order valence-corrected chi connectivity index (χ2v) is 7.23. The lowest BCUT2D eigenvalue weighted by Crippen LogP contribution is -2.10. The van der Waals surface area contributed by atoms with Gasteiger partial charge in [-0.1, -0.05) is 24.6 Å². The Morgan fingerprint density at radius 1 is 1.33 bits per heavy atom. The molecule has 2 rings (SSSR count). The van der Waals surface area contributed by atoms with E-state index in [1.54, 1.807) is 6.07 Å². The summed E-state index contributed by atoms with van der Waals surface area (Å²) in [6.07, 6.45) is 0.681. The molecule has 0 saturated heterocycles. The zero-order chi connectivity index (χ0) is 15.6. The van der Waals surface area contributed by atoms with Crippen LogP contribution in [0.5, 0.6) is 0 Å². The van der Waals surface area contributed by atoms with E-state index in [0.29, 0.717) is 18.8 Å². The normalized spacial score (nSPS) is 11.8. The average Bonchev–Trinajstić information content (AvgIpc) is 2.77. The molecule has 0 atom stereocenters. The number of hydrogen-bond acceptors (Lipinski definition) is 4. The largest absolute Gasteiger partial charge is 0.301 e. The van der Waals surface area contributed by atoms with Gasteiger partial charge in [0.05, 0.1) is 0 Å². The third-order valence-electron chi connectivity index (χ3n) is 2.86. The summed E-state index contributed by atoms with van der Waals surface area (Å²) in [5.74, 6) is -0.188. The number of nitrogens with zero attached hydrogens (tertiary/aromatic N) is 3. The van der Waals surface area contributed by atoms with Crippen LogP contribution in [0, 0.1) is 5.82 Å². The molecule has 114 valence electrons. The molecule has 0 aliphatic rings. The molecule has 0 unspecified atom stereocenters. The van der Waals surface area contributed by atoms with Crippen molar-refractivity contribution < 1.29 is 12.8 Å². The van der Waals surface area contributed by atoms with E-state index in [1.165, 1.54) is 16.7 Å². The molecule has 1 heterocycles. The van der Waals surface area contributed by atoms with Gasteiger partial charge in [-0.15, -0.1) is 10.2 Å². The lowest BCUT2D eigenvalue weighted by molar-refractivity contribution is 0.555. The Bertz CT molecular complexity index is 742. The van der Waals surface area contributed by atoms with Crippen molar-refractivity contribution >= 4 is 31.3 Å². The van der Waals surface area contributed by atoms with Gasteiger partial charge in [0.15, 0.2) is 0 Å². The average molecular weight is 352 g/mol. The van der Waals surface area contributed by atoms with E-state index in [0.717, 1.165) is 0 Å². The molecule has 0 spiro atoms. The Kier molecular flexibility index (Phi) is 4.85. The summed E-state index contributed by atoms with van der Waals surface area (Å²) in [6.45, 7) is 2.22. The van der Waals surface area contributed by atoms with Crippen molar-refractivity contribution in [1.29, 1.82) is 0 Å². The summed E-state index contributed by atoms with van der Waals surface area (Å²) in [6, 6.07) is 4.33. The van der Waals surface area contributed by atoms with Gasteiger partial charge in [0.25, 0.3) is 14.2 Å². The zero-order valence-electron chi connectivity index (χ0n) is 11.1. The smallest absolute Gasteiger partial charge is 0.296 e. The quantitative estimate of drug-likeness (QED) is 0.776. The lowest BCUT2D eigenvalue weighted by atomic mass is 10.1. The van der Waals surface area contributed by atoms with E-state index >= 15 is 0 Å². The number of hydrogen-bond donors (Lipinski definition) is 0. The molecule has 0 saturated carbocycles. The first-order chi connectivity index (χ1) is 9.84. The van der Waals surface area contributed by atoms with Gasteiger partial charge >= 0.3 is 0 Å². The Hall–Kier alpha value is -1.18. The molecule has 0 bridgehead atoms. The molecule has 0 aliphatic carbocycles. The highest BCUT2D eigenvalue weighted by Gasteiger charge is 2.23. The summed E-state index contributed by atoms with van der Waals surface area (Å²) in [5.41, 5.74) is 0.238. The van der Waals surface area contributed by atoms with Crippen LogP contribution in [0.1, 0.15) is 24.7 Å². The van der Waals surface area contributed by atoms with Crippen LogP contribution in [0.3, 0.4) is 0 Å². The summed E-state index contributed by atoms with van der Waals surface area (Å²) in [7, 11) is 1.31. The molecule has 0 radical (unpaired) electrons. The van der Waals surface area contributed by atoms with Crippen molar-refractivity contribution in [3.05, 3.63) is 40.4 Å². The molecule has 0 fully saturated rings. The summed E-state index contributed by atoms with van der Waals surface area (Å²) >= 11 is 5.96. The van der Waals surface area contributed by atoms with Crippen molar-refractivity contribution in [2.45, 2.75) is 31.5 Å². The van der Waals surface area contributed by atoms with Crippen molar-refractivity contribution in [3.8, 4) is 0 Å². The van der Waals surface area contributed by atoms with Gasteiger partial charge in [0.1, 0.15) is 11.6 Å². The van der Waals surface area contributed by atoms with E-state index < -0.39 is 14.9 Å². The van der Waals surface area contributed by atoms with E-state index in [4.69, 9.17) is 22.3 Å². The van der Waals surface area contributed by atoms with E-state index in [2.05, 4.69) is 10.2 Å². The third-order valence-corrected chi connectivity index (χ3v) is 4.36. The number of rotatable bonds is 5. The fraction of sp³-hybridized carbons (Fsp3) is 0.333. The predicted octanol–water partition coefficient (Wildman–Crippen LogP) is 3.00. The monoisotopic (exact) mass is 351 g/mol. The van der Waals surface area contributed by atoms with Crippen molar-refractivity contribution in [2.24, 2.45) is 0 Å². The fourth-order valence-corrected chi connectivity index (χ4v) is 3.11. The minimum atomic E-state index is -4.01. The van der Waals surface area contributed by atoms with Gasteiger partial charge in [0.2, 0.25) is 0 Å². The maximum atomic E-state index is 13.8. The van der Waals surface area contributed by atoms with E-state index in [1.807, 2.05) is 6.92 Å². The van der Waals surface area contributed by atoms with Crippen LogP contribution in [-0.4, -0.2) is 23.2 Å². The standard InChI is InChI=1S/C12H12Cl2FN3O2S/c1-2-6-18-11(16-17-12(18)21(14,19)20)7-8-9(13)4-3-5-10(8)15/h3-5H,2,6-7H2,1H3. The topological polar surface area (TPSA) is 64.8 Å². The Morgan fingerprint density at radius 2 is 2.05 bits per heavy atom. The molecule has 2 aromatic rings. The maximum absolute atomic E-state index is 13.8. The Labute approximate surface area is 131 Å². The second kappa shape index (κ2) is 6.29. The SMILES string of the molecule is CCCn1c(Cc2c(F)cccc2Cl)nnc1S(=O)(=O)Cl. The van der Waals surface area contributed by atoms with Crippen LogP contribution in [0.15, 0.2) is 23.4 Å². The first kappa shape index (κ1) is 16.2. The van der Waals surface area contributed by atoms with E-state index in [9.17, 15) is 12.8 Å². The van der Waals surface area contributed by atoms with Gasteiger partial charge < -0.3 is 4.57 Å². The molecular weight excluding hydrogens is 340 g/mol. The Morgan fingerprint density at radius 3 is 2.62 bits per heavy atom. The first-order valence-corrected chi connectivity index (χ1v) is 8.83. The zero-order valence-corrected chi connectivity index (χ0v) is 13.4. The van der Waals surface area contributed by atoms with Crippen LogP contribution in [0.4, 0.5) is 4.39 Å². The Balaban J connectivity index is 2.48. The highest BCUT2D eigenvalue weighted by molar-refractivity contribution is 8.13. The summed E-state index contributed by atoms with van der Waals surface area (Å²) in [5, 5.41) is 7.30. The van der Waals surface area contributed by atoms with Gasteiger partial charge in [-0.3, -0.25) is 0 Å². The number of halogens is 3. The van der Waals surface area contributed by atoms with Crippen LogP contribution in [-0.2, 0) is 22.0 Å². The molecule has 1 aromatic heterocycles. The molecule has 21 heavy (non-hydrogen) atoms. The molecule has 5 nitrogen and oxygen atoms in total. The summed E-state index contributed by atoms with van der Waals surface area (Å²) < 4.78 is 38.1. The van der Waals surface area contributed by atoms with Gasteiger partial charge in [-0.25, -0.2) is 12.8 Å². The van der Waals surface area contributed by atoms with Crippen molar-refractivity contribution in [3.63, 3.8) is 0 Å². The van der Waals surface area contributed by atoms with Crippen LogP contribution in [0.2, 0.25) is 5.02 Å². The van der Waals surface area contributed by atoms with Crippen LogP contribution in [0.25, 0.3) is 0 Å². The van der Waals surface area contributed by atoms with Crippen LogP contribution >= 0.6 is 22.3 Å². The minimum absolute atomic E-state index is 0.0327. The minimum Gasteiger partial charge on any atom is -0.301 e. The van der Waals surface area contributed by atoms with E-state index in [-0.39, 0.29) is 22.2 Å².